The topological polar surface area (TPSA) is 57.6 Å². The predicted molar refractivity (Wildman–Crippen MR) is 106 cm³/mol. The third kappa shape index (κ3) is 5.83. The van der Waals surface area contributed by atoms with Gasteiger partial charge in [0, 0.05) is 6.54 Å². The Balaban J connectivity index is 1.96. The van der Waals surface area contributed by atoms with Crippen LogP contribution < -0.4 is 0 Å². The number of carbonyl (C=O) groups excluding carboxylic acids is 1. The van der Waals surface area contributed by atoms with Gasteiger partial charge in [-0.1, -0.05) is 73.7 Å². The zero-order valence-corrected chi connectivity index (χ0v) is 15.7. The minimum absolute atomic E-state index is 0.111. The Bertz CT molecular complexity index is 708. The van der Waals surface area contributed by atoms with Gasteiger partial charge in [-0.15, -0.1) is 0 Å². The summed E-state index contributed by atoms with van der Waals surface area (Å²) in [6, 6.07) is 8.38. The SMILES string of the molecule is CCCCc1ccc(C=CC=C2SC(=S)N(CCC(=O)O)C2=O)cc1. The van der Waals surface area contributed by atoms with Crippen LogP contribution in [0.1, 0.15) is 37.3 Å². The summed E-state index contributed by atoms with van der Waals surface area (Å²) >= 11 is 6.35. The van der Waals surface area contributed by atoms with Crippen molar-refractivity contribution in [1.82, 2.24) is 4.90 Å². The highest BCUT2D eigenvalue weighted by Gasteiger charge is 2.31. The number of unbranched alkanes of at least 4 members (excludes halogenated alkanes) is 1. The maximum absolute atomic E-state index is 12.2. The smallest absolute Gasteiger partial charge is 0.305 e. The molecule has 1 aromatic rings. The van der Waals surface area contributed by atoms with Gasteiger partial charge in [0.05, 0.1) is 11.3 Å². The van der Waals surface area contributed by atoms with Gasteiger partial charge in [-0.2, -0.15) is 0 Å². The zero-order chi connectivity index (χ0) is 18.2. The second-order valence-corrected chi connectivity index (χ2v) is 7.38. The zero-order valence-electron chi connectivity index (χ0n) is 14.1. The molecule has 0 spiro atoms. The number of aryl methyl sites for hydroxylation is 1. The van der Waals surface area contributed by atoms with Crippen LogP contribution in [0.4, 0.5) is 0 Å². The summed E-state index contributed by atoms with van der Waals surface area (Å²) in [5.74, 6) is -1.17. The molecule has 1 saturated heterocycles. The van der Waals surface area contributed by atoms with E-state index in [-0.39, 0.29) is 18.9 Å². The standard InChI is InChI=1S/C19H21NO3S2/c1-2-3-5-14-8-10-15(11-9-14)6-4-7-16-18(23)20(19(24)25-16)13-12-17(21)22/h4,6-11H,2-3,5,12-13H2,1H3,(H,21,22). The lowest BCUT2D eigenvalue weighted by atomic mass is 10.1. The molecule has 1 aliphatic rings. The summed E-state index contributed by atoms with van der Waals surface area (Å²) in [5.41, 5.74) is 2.40. The van der Waals surface area contributed by atoms with E-state index in [1.165, 1.54) is 35.1 Å². The summed E-state index contributed by atoms with van der Waals surface area (Å²) in [4.78, 5) is 24.7. The minimum Gasteiger partial charge on any atom is -0.481 e. The molecule has 0 unspecified atom stereocenters. The minimum atomic E-state index is -0.944. The maximum Gasteiger partial charge on any atom is 0.305 e. The van der Waals surface area contributed by atoms with Crippen molar-refractivity contribution >= 4 is 46.3 Å². The number of hydrogen-bond acceptors (Lipinski definition) is 4. The molecule has 0 saturated carbocycles. The van der Waals surface area contributed by atoms with Crippen molar-refractivity contribution in [2.45, 2.75) is 32.6 Å². The Morgan fingerprint density at radius 1 is 1.32 bits per heavy atom. The van der Waals surface area contributed by atoms with E-state index < -0.39 is 5.97 Å². The number of hydrogen-bond donors (Lipinski definition) is 1. The van der Waals surface area contributed by atoms with E-state index in [0.29, 0.717) is 9.23 Å². The molecule has 1 heterocycles. The number of carboxylic acids is 1. The Morgan fingerprint density at radius 2 is 2.04 bits per heavy atom. The van der Waals surface area contributed by atoms with E-state index in [9.17, 15) is 9.59 Å². The number of allylic oxidation sites excluding steroid dienone is 2. The van der Waals surface area contributed by atoms with Crippen molar-refractivity contribution in [1.29, 1.82) is 0 Å². The monoisotopic (exact) mass is 375 g/mol. The second-order valence-electron chi connectivity index (χ2n) is 5.70. The van der Waals surface area contributed by atoms with Gasteiger partial charge in [-0.3, -0.25) is 14.5 Å². The average Bonchev–Trinajstić information content (AvgIpc) is 2.86. The molecule has 1 aromatic carbocycles. The molecule has 2 rings (SSSR count). The highest BCUT2D eigenvalue weighted by Crippen LogP contribution is 2.31. The molecule has 132 valence electrons. The number of benzene rings is 1. The van der Waals surface area contributed by atoms with Crippen LogP contribution in [0.25, 0.3) is 6.08 Å². The molecule has 0 radical (unpaired) electrons. The van der Waals surface area contributed by atoms with E-state index in [1.807, 2.05) is 12.2 Å². The highest BCUT2D eigenvalue weighted by molar-refractivity contribution is 8.26. The maximum atomic E-state index is 12.2. The van der Waals surface area contributed by atoms with Crippen LogP contribution in [0.2, 0.25) is 0 Å². The van der Waals surface area contributed by atoms with Crippen LogP contribution >= 0.6 is 24.0 Å². The van der Waals surface area contributed by atoms with Crippen molar-refractivity contribution in [2.75, 3.05) is 6.54 Å². The van der Waals surface area contributed by atoms with Crippen molar-refractivity contribution < 1.29 is 14.7 Å². The average molecular weight is 376 g/mol. The van der Waals surface area contributed by atoms with Gasteiger partial charge in [-0.25, -0.2) is 0 Å². The lowest BCUT2D eigenvalue weighted by molar-refractivity contribution is -0.137. The van der Waals surface area contributed by atoms with Crippen LogP contribution in [0.5, 0.6) is 0 Å². The molecule has 0 bridgehead atoms. The Hall–Kier alpha value is -1.92. The molecule has 25 heavy (non-hydrogen) atoms. The molecule has 1 N–H and O–H groups in total. The van der Waals surface area contributed by atoms with Crippen LogP contribution in [0.3, 0.4) is 0 Å². The predicted octanol–water partition coefficient (Wildman–Crippen LogP) is 4.26. The largest absolute Gasteiger partial charge is 0.481 e. The summed E-state index contributed by atoms with van der Waals surface area (Å²) in [6.45, 7) is 2.29. The van der Waals surface area contributed by atoms with Crippen LogP contribution in [-0.4, -0.2) is 32.7 Å². The third-order valence-corrected chi connectivity index (χ3v) is 5.15. The van der Waals surface area contributed by atoms with Gasteiger partial charge < -0.3 is 5.11 Å². The number of aliphatic carboxylic acids is 1. The molecule has 0 aliphatic carbocycles. The normalized spacial score (nSPS) is 16.4. The Morgan fingerprint density at radius 3 is 2.68 bits per heavy atom. The van der Waals surface area contributed by atoms with E-state index in [0.717, 1.165) is 12.0 Å². The Labute approximate surface area is 157 Å². The van der Waals surface area contributed by atoms with Crippen LogP contribution in [0, 0.1) is 0 Å². The number of carboxylic acid groups (broad SMARTS) is 1. The van der Waals surface area contributed by atoms with Crippen molar-refractivity contribution in [2.24, 2.45) is 0 Å². The van der Waals surface area contributed by atoms with Gasteiger partial charge in [0.1, 0.15) is 4.32 Å². The fourth-order valence-corrected chi connectivity index (χ4v) is 3.60. The number of thiocarbonyl (C=S) groups is 1. The fraction of sp³-hybridized carbons (Fsp3) is 0.316. The summed E-state index contributed by atoms with van der Waals surface area (Å²) in [7, 11) is 0. The summed E-state index contributed by atoms with van der Waals surface area (Å²) in [6.07, 6.45) is 8.85. The van der Waals surface area contributed by atoms with Gasteiger partial charge in [-0.05, 0) is 30.0 Å². The molecule has 1 amide bonds. The van der Waals surface area contributed by atoms with Crippen molar-refractivity contribution in [3.8, 4) is 0 Å². The first kappa shape index (κ1) is 19.4. The number of nitrogens with zero attached hydrogens (tertiary/aromatic N) is 1. The lowest BCUT2D eigenvalue weighted by Gasteiger charge is -2.12. The molecule has 4 nitrogen and oxygen atoms in total. The van der Waals surface area contributed by atoms with Crippen LogP contribution in [0.15, 0.2) is 41.3 Å². The van der Waals surface area contributed by atoms with E-state index in [2.05, 4.69) is 31.2 Å². The van der Waals surface area contributed by atoms with E-state index in [1.54, 1.807) is 6.08 Å². The van der Waals surface area contributed by atoms with Gasteiger partial charge in [0.15, 0.2) is 0 Å². The van der Waals surface area contributed by atoms with Crippen molar-refractivity contribution in [3.05, 3.63) is 52.4 Å². The molecular formula is C19H21NO3S2. The van der Waals surface area contributed by atoms with Crippen molar-refractivity contribution in [3.63, 3.8) is 0 Å². The van der Waals surface area contributed by atoms with Gasteiger partial charge >= 0.3 is 5.97 Å². The lowest BCUT2D eigenvalue weighted by Crippen LogP contribution is -2.30. The molecular weight excluding hydrogens is 354 g/mol. The van der Waals surface area contributed by atoms with Gasteiger partial charge in [0.25, 0.3) is 5.91 Å². The summed E-state index contributed by atoms with van der Waals surface area (Å²) in [5, 5.41) is 8.73. The molecule has 1 fully saturated rings. The molecule has 0 aromatic heterocycles. The number of carbonyl (C=O) groups is 2. The number of rotatable bonds is 8. The second kappa shape index (κ2) is 9.53. The molecule has 1 aliphatic heterocycles. The Kier molecular flexibility index (Phi) is 7.40. The highest BCUT2D eigenvalue weighted by atomic mass is 32.2. The third-order valence-electron chi connectivity index (χ3n) is 3.76. The first-order valence-electron chi connectivity index (χ1n) is 8.24. The van der Waals surface area contributed by atoms with Gasteiger partial charge in [0.2, 0.25) is 0 Å². The van der Waals surface area contributed by atoms with Crippen LogP contribution in [-0.2, 0) is 16.0 Å². The number of amides is 1. The fourth-order valence-electron chi connectivity index (χ4n) is 2.34. The first-order chi connectivity index (χ1) is 12.0. The summed E-state index contributed by atoms with van der Waals surface area (Å²) < 4.78 is 0.408. The van der Waals surface area contributed by atoms with E-state index in [4.69, 9.17) is 17.3 Å². The first-order valence-corrected chi connectivity index (χ1v) is 9.46. The molecule has 6 heteroatoms. The quantitative estimate of drug-likeness (QED) is 0.543. The number of thioether (sulfide) groups is 1. The van der Waals surface area contributed by atoms with E-state index >= 15 is 0 Å². The molecule has 0 atom stereocenters.